The first-order chi connectivity index (χ1) is 10.3. The number of carbonyl (C=O) groups excluding carboxylic acids is 2. The van der Waals surface area contributed by atoms with Crippen LogP contribution >= 0.6 is 11.3 Å². The first-order valence-electron chi connectivity index (χ1n) is 6.56. The van der Waals surface area contributed by atoms with Crippen molar-refractivity contribution in [2.45, 2.75) is 37.5 Å². The van der Waals surface area contributed by atoms with Crippen LogP contribution in [0.15, 0.2) is 18.0 Å². The van der Waals surface area contributed by atoms with Gasteiger partial charge in [-0.05, 0) is 25.3 Å². The fourth-order valence-corrected chi connectivity index (χ4v) is 2.94. The largest absolute Gasteiger partial charge is 0.443 e. The predicted octanol–water partition coefficient (Wildman–Crippen LogP) is 2.11. The van der Waals surface area contributed by atoms with Crippen LogP contribution in [-0.2, 0) is 11.0 Å². The average Bonchev–Trinajstić information content (AvgIpc) is 3.07. The molecule has 1 fully saturated rings. The van der Waals surface area contributed by atoms with E-state index in [0.29, 0.717) is 30.6 Å². The number of aromatic nitrogens is 1. The van der Waals surface area contributed by atoms with E-state index in [4.69, 9.17) is 0 Å². The van der Waals surface area contributed by atoms with Gasteiger partial charge < -0.3 is 10.6 Å². The molecule has 0 spiro atoms. The maximum Gasteiger partial charge on any atom is 0.443 e. The van der Waals surface area contributed by atoms with Gasteiger partial charge in [0, 0.05) is 17.5 Å². The topological polar surface area (TPSA) is 71.1 Å². The molecule has 2 N–H and O–H groups in total. The van der Waals surface area contributed by atoms with E-state index in [1.807, 2.05) is 0 Å². The van der Waals surface area contributed by atoms with Crippen molar-refractivity contribution in [3.63, 3.8) is 0 Å². The molecule has 0 bridgehead atoms. The predicted molar refractivity (Wildman–Crippen MR) is 74.3 cm³/mol. The fourth-order valence-electron chi connectivity index (χ4n) is 2.27. The number of thiazole rings is 1. The summed E-state index contributed by atoms with van der Waals surface area (Å²) in [6, 6.07) is -0.268. The van der Waals surface area contributed by atoms with Crippen molar-refractivity contribution in [2.75, 3.05) is 0 Å². The Morgan fingerprint density at radius 3 is 2.50 bits per heavy atom. The Hall–Kier alpha value is -1.90. The molecule has 1 aliphatic rings. The molecule has 1 saturated carbocycles. The van der Waals surface area contributed by atoms with Gasteiger partial charge in [-0.2, -0.15) is 13.2 Å². The second-order valence-corrected chi connectivity index (χ2v) is 5.79. The summed E-state index contributed by atoms with van der Waals surface area (Å²) in [7, 11) is 0. The number of rotatable bonds is 4. The Balaban J connectivity index is 1.89. The van der Waals surface area contributed by atoms with Crippen molar-refractivity contribution in [1.29, 1.82) is 0 Å². The minimum Gasteiger partial charge on any atom is -0.350 e. The van der Waals surface area contributed by atoms with Crippen LogP contribution in [0, 0.1) is 0 Å². The molecule has 22 heavy (non-hydrogen) atoms. The maximum atomic E-state index is 12.4. The number of nitrogens with one attached hydrogen (secondary N) is 2. The molecule has 0 aromatic carbocycles. The van der Waals surface area contributed by atoms with Crippen molar-refractivity contribution >= 4 is 23.2 Å². The molecule has 2 amide bonds. The summed E-state index contributed by atoms with van der Waals surface area (Å²) in [5, 5.41) is 5.41. The summed E-state index contributed by atoms with van der Waals surface area (Å²) in [5.74, 6) is -0.918. The molecular weight excluding hydrogens is 319 g/mol. The quantitative estimate of drug-likeness (QED) is 0.829. The Bertz CT molecular complexity index is 585. The van der Waals surface area contributed by atoms with Crippen LogP contribution in [0.25, 0.3) is 0 Å². The van der Waals surface area contributed by atoms with Crippen LogP contribution in [-0.4, -0.2) is 28.9 Å². The smallest absolute Gasteiger partial charge is 0.350 e. The lowest BCUT2D eigenvalue weighted by molar-refractivity contribution is -0.137. The molecule has 2 rings (SSSR count). The van der Waals surface area contributed by atoms with Gasteiger partial charge in [-0.1, -0.05) is 6.58 Å². The van der Waals surface area contributed by atoms with Gasteiger partial charge in [0.25, 0.3) is 5.91 Å². The second kappa shape index (κ2) is 6.47. The molecule has 1 aromatic rings. The van der Waals surface area contributed by atoms with E-state index in [1.165, 1.54) is 6.08 Å². The lowest BCUT2D eigenvalue weighted by atomic mass is 10.2. The first-order valence-corrected chi connectivity index (χ1v) is 7.44. The number of hydrogen-bond acceptors (Lipinski definition) is 4. The van der Waals surface area contributed by atoms with Crippen LogP contribution in [0.2, 0.25) is 0 Å². The van der Waals surface area contributed by atoms with Crippen LogP contribution in [0.5, 0.6) is 0 Å². The van der Waals surface area contributed by atoms with E-state index in [1.54, 1.807) is 0 Å². The third kappa shape index (κ3) is 4.06. The van der Waals surface area contributed by atoms with Crippen LogP contribution in [0.1, 0.15) is 34.8 Å². The van der Waals surface area contributed by atoms with Gasteiger partial charge in [0.1, 0.15) is 5.69 Å². The van der Waals surface area contributed by atoms with Crippen LogP contribution in [0.3, 0.4) is 0 Å². The molecule has 0 unspecified atom stereocenters. The fraction of sp³-hybridized carbons (Fsp3) is 0.462. The van der Waals surface area contributed by atoms with E-state index in [2.05, 4.69) is 22.2 Å². The van der Waals surface area contributed by atoms with Crippen molar-refractivity contribution in [2.24, 2.45) is 0 Å². The van der Waals surface area contributed by atoms with Gasteiger partial charge in [0.05, 0.1) is 0 Å². The number of amides is 2. The monoisotopic (exact) mass is 333 g/mol. The van der Waals surface area contributed by atoms with Crippen molar-refractivity contribution in [1.82, 2.24) is 15.6 Å². The summed E-state index contributed by atoms with van der Waals surface area (Å²) in [5.41, 5.74) is -0.240. The highest BCUT2D eigenvalue weighted by Crippen LogP contribution is 2.31. The minimum absolute atomic E-state index is 0.0722. The third-order valence-electron chi connectivity index (χ3n) is 3.28. The summed E-state index contributed by atoms with van der Waals surface area (Å²) in [6.45, 7) is 3.35. The molecule has 120 valence electrons. The molecule has 0 aliphatic heterocycles. The molecule has 1 aliphatic carbocycles. The normalized spacial score (nSPS) is 21.4. The summed E-state index contributed by atoms with van der Waals surface area (Å²) in [4.78, 5) is 26.4. The minimum atomic E-state index is -4.55. The van der Waals surface area contributed by atoms with Crippen LogP contribution < -0.4 is 10.6 Å². The lowest BCUT2D eigenvalue weighted by Crippen LogP contribution is -2.36. The maximum absolute atomic E-state index is 12.4. The zero-order valence-corrected chi connectivity index (χ0v) is 12.3. The SMILES string of the molecule is C=CC(=O)N[C@@H]1CC[C@@H](NC(=O)c2csc(C(F)(F)F)n2)C1. The lowest BCUT2D eigenvalue weighted by Gasteiger charge is -2.13. The third-order valence-corrected chi connectivity index (χ3v) is 4.17. The highest BCUT2D eigenvalue weighted by molar-refractivity contribution is 7.09. The molecule has 5 nitrogen and oxygen atoms in total. The molecule has 0 radical (unpaired) electrons. The van der Waals surface area contributed by atoms with E-state index in [0.717, 1.165) is 5.38 Å². The van der Waals surface area contributed by atoms with Gasteiger partial charge in [-0.15, -0.1) is 11.3 Å². The molecule has 9 heteroatoms. The Morgan fingerprint density at radius 1 is 1.32 bits per heavy atom. The average molecular weight is 333 g/mol. The van der Waals surface area contributed by atoms with Gasteiger partial charge in [0.15, 0.2) is 5.01 Å². The number of nitrogens with zero attached hydrogens (tertiary/aromatic N) is 1. The number of halogens is 3. The number of hydrogen-bond donors (Lipinski definition) is 2. The first kappa shape index (κ1) is 16.5. The Morgan fingerprint density at radius 2 is 1.95 bits per heavy atom. The second-order valence-electron chi connectivity index (χ2n) is 4.93. The van der Waals surface area contributed by atoms with Crippen molar-refractivity contribution in [3.05, 3.63) is 28.7 Å². The molecular formula is C13H14F3N3O2S. The summed E-state index contributed by atoms with van der Waals surface area (Å²) >= 11 is 0.390. The van der Waals surface area contributed by atoms with Gasteiger partial charge >= 0.3 is 6.18 Å². The highest BCUT2D eigenvalue weighted by atomic mass is 32.1. The van der Waals surface area contributed by atoms with E-state index < -0.39 is 17.1 Å². The van der Waals surface area contributed by atoms with E-state index >= 15 is 0 Å². The van der Waals surface area contributed by atoms with Gasteiger partial charge in [-0.25, -0.2) is 4.98 Å². The molecule has 1 aromatic heterocycles. The van der Waals surface area contributed by atoms with Gasteiger partial charge in [0.2, 0.25) is 5.91 Å². The van der Waals surface area contributed by atoms with Gasteiger partial charge in [-0.3, -0.25) is 9.59 Å². The Kier molecular flexibility index (Phi) is 4.84. The molecule has 1 heterocycles. The number of alkyl halides is 3. The highest BCUT2D eigenvalue weighted by Gasteiger charge is 2.35. The van der Waals surface area contributed by atoms with E-state index in [9.17, 15) is 22.8 Å². The zero-order valence-electron chi connectivity index (χ0n) is 11.4. The number of carbonyl (C=O) groups is 2. The standard InChI is InChI=1S/C13H14F3N3O2S/c1-2-10(20)17-7-3-4-8(5-7)18-11(21)9-6-22-12(19-9)13(14,15)16/h2,6-8H,1,3-5H2,(H,17,20)(H,18,21)/t7-,8-/m1/s1. The van der Waals surface area contributed by atoms with E-state index in [-0.39, 0.29) is 23.7 Å². The molecule has 2 atom stereocenters. The van der Waals surface area contributed by atoms with Crippen molar-refractivity contribution < 1.29 is 22.8 Å². The molecule has 0 saturated heterocycles. The van der Waals surface area contributed by atoms with Crippen molar-refractivity contribution in [3.8, 4) is 0 Å². The van der Waals surface area contributed by atoms with Crippen LogP contribution in [0.4, 0.5) is 13.2 Å². The summed E-state index contributed by atoms with van der Waals surface area (Å²) in [6.07, 6.45) is -1.52. The Labute approximate surface area is 128 Å². The zero-order chi connectivity index (χ0) is 16.3. The summed E-state index contributed by atoms with van der Waals surface area (Å²) < 4.78 is 37.3.